The predicted octanol–water partition coefficient (Wildman–Crippen LogP) is 4.24. The lowest BCUT2D eigenvalue weighted by Crippen LogP contribution is -2.45. The van der Waals surface area contributed by atoms with Crippen molar-refractivity contribution in [2.45, 2.75) is 38.0 Å². The Labute approximate surface area is 189 Å². The van der Waals surface area contributed by atoms with E-state index in [0.29, 0.717) is 36.0 Å². The van der Waals surface area contributed by atoms with Crippen molar-refractivity contribution < 1.29 is 22.7 Å². The number of nitrogens with one attached hydrogen (secondary N) is 1. The minimum absolute atomic E-state index is 0.121. The Balaban J connectivity index is 1.43. The maximum atomic E-state index is 13.3. The molecule has 0 spiro atoms. The van der Waals surface area contributed by atoms with Crippen LogP contribution in [0, 0.1) is 5.92 Å². The number of hydrogen-bond donors (Lipinski definition) is 1. The highest BCUT2D eigenvalue weighted by molar-refractivity contribution is 6.06. The molecule has 0 aliphatic carbocycles. The number of alkyl halides is 3. The molecule has 8 nitrogen and oxygen atoms in total. The highest BCUT2D eigenvalue weighted by Gasteiger charge is 2.45. The van der Waals surface area contributed by atoms with Gasteiger partial charge >= 0.3 is 12.2 Å². The van der Waals surface area contributed by atoms with E-state index in [9.17, 15) is 18.0 Å². The van der Waals surface area contributed by atoms with Crippen molar-refractivity contribution in [1.82, 2.24) is 9.97 Å². The van der Waals surface area contributed by atoms with Crippen LogP contribution in [0.1, 0.15) is 25.7 Å². The van der Waals surface area contributed by atoms with Gasteiger partial charge in [-0.1, -0.05) is 0 Å². The Morgan fingerprint density at radius 3 is 2.79 bits per heavy atom. The number of halogens is 3. The summed E-state index contributed by atoms with van der Waals surface area (Å²) in [6.07, 6.45) is 0.971. The van der Waals surface area contributed by atoms with Crippen molar-refractivity contribution in [3.63, 3.8) is 0 Å². The van der Waals surface area contributed by atoms with Crippen molar-refractivity contribution in [3.8, 4) is 5.75 Å². The van der Waals surface area contributed by atoms with Crippen LogP contribution in [0.25, 0.3) is 0 Å². The number of pyridine rings is 2. The molecule has 3 aliphatic rings. The molecule has 2 atom stereocenters. The number of aromatic nitrogens is 2. The molecule has 0 aromatic carbocycles. The largest absolute Gasteiger partial charge is 0.495 e. The monoisotopic (exact) mass is 462 g/mol. The molecule has 3 aliphatic heterocycles. The van der Waals surface area contributed by atoms with Crippen LogP contribution in [0.3, 0.4) is 0 Å². The topological polar surface area (TPSA) is 73.8 Å². The lowest BCUT2D eigenvalue weighted by atomic mass is 9.97. The minimum Gasteiger partial charge on any atom is -0.495 e. The zero-order valence-electron chi connectivity index (χ0n) is 18.2. The zero-order chi connectivity index (χ0) is 23.2. The molecule has 5 heterocycles. The quantitative estimate of drug-likeness (QED) is 0.736. The SMILES string of the molecule is COc1cncc(NC(=O)N2c3nc(N4CCCC(C(F)(F)F)C4)ccc3N3CCC[C@H]32)c1. The van der Waals surface area contributed by atoms with Gasteiger partial charge in [0.15, 0.2) is 5.82 Å². The Kier molecular flexibility index (Phi) is 5.41. The van der Waals surface area contributed by atoms with Crippen LogP contribution in [-0.4, -0.2) is 55.1 Å². The molecule has 176 valence electrons. The van der Waals surface area contributed by atoms with Gasteiger partial charge in [0, 0.05) is 25.7 Å². The third kappa shape index (κ3) is 4.00. The summed E-state index contributed by atoms with van der Waals surface area (Å²) < 4.78 is 45.1. The van der Waals surface area contributed by atoms with E-state index in [0.717, 1.165) is 25.1 Å². The normalized spacial score (nSPS) is 22.2. The summed E-state index contributed by atoms with van der Waals surface area (Å²) >= 11 is 0. The van der Waals surface area contributed by atoms with Gasteiger partial charge in [0.25, 0.3) is 0 Å². The molecule has 2 saturated heterocycles. The van der Waals surface area contributed by atoms with E-state index in [4.69, 9.17) is 9.72 Å². The van der Waals surface area contributed by atoms with E-state index < -0.39 is 12.1 Å². The molecule has 1 N–H and O–H groups in total. The molecule has 2 amide bonds. The van der Waals surface area contributed by atoms with Gasteiger partial charge in [0.2, 0.25) is 0 Å². The number of carbonyl (C=O) groups excluding carboxylic acids is 1. The summed E-state index contributed by atoms with van der Waals surface area (Å²) in [5.41, 5.74) is 1.31. The summed E-state index contributed by atoms with van der Waals surface area (Å²) in [5, 5.41) is 2.85. The lowest BCUT2D eigenvalue weighted by molar-refractivity contribution is -0.176. The summed E-state index contributed by atoms with van der Waals surface area (Å²) in [4.78, 5) is 27.5. The van der Waals surface area contributed by atoms with Crippen molar-refractivity contribution in [1.29, 1.82) is 0 Å². The van der Waals surface area contributed by atoms with Gasteiger partial charge in [0.1, 0.15) is 17.7 Å². The van der Waals surface area contributed by atoms with Gasteiger partial charge < -0.3 is 19.9 Å². The molecule has 0 saturated carbocycles. The van der Waals surface area contributed by atoms with E-state index in [2.05, 4.69) is 15.2 Å². The van der Waals surface area contributed by atoms with Crippen LogP contribution in [-0.2, 0) is 0 Å². The molecular formula is C22H25F3N6O2. The minimum atomic E-state index is -4.23. The Morgan fingerprint density at radius 1 is 1.18 bits per heavy atom. The van der Waals surface area contributed by atoms with E-state index in [1.807, 2.05) is 6.07 Å². The fraction of sp³-hybridized carbons (Fsp3) is 0.500. The molecule has 33 heavy (non-hydrogen) atoms. The number of urea groups is 1. The van der Waals surface area contributed by atoms with E-state index >= 15 is 0 Å². The molecule has 2 aromatic heterocycles. The smallest absolute Gasteiger partial charge is 0.393 e. The molecule has 2 fully saturated rings. The van der Waals surface area contributed by atoms with Gasteiger partial charge in [-0.25, -0.2) is 9.78 Å². The first kappa shape index (κ1) is 21.6. The summed E-state index contributed by atoms with van der Waals surface area (Å²) in [5.74, 6) is 0.0793. The van der Waals surface area contributed by atoms with Crippen LogP contribution in [0.4, 0.5) is 41.0 Å². The number of rotatable bonds is 3. The third-order valence-electron chi connectivity index (χ3n) is 6.52. The van der Waals surface area contributed by atoms with Crippen molar-refractivity contribution >= 4 is 29.0 Å². The van der Waals surface area contributed by atoms with Crippen molar-refractivity contribution in [3.05, 3.63) is 30.6 Å². The van der Waals surface area contributed by atoms with E-state index in [-0.39, 0.29) is 25.2 Å². The summed E-state index contributed by atoms with van der Waals surface area (Å²) in [6.45, 7) is 1.18. The second-order valence-electron chi connectivity index (χ2n) is 8.57. The van der Waals surface area contributed by atoms with Crippen LogP contribution in [0.15, 0.2) is 30.6 Å². The lowest BCUT2D eigenvalue weighted by Gasteiger charge is -2.34. The Morgan fingerprint density at radius 2 is 2.00 bits per heavy atom. The predicted molar refractivity (Wildman–Crippen MR) is 118 cm³/mol. The highest BCUT2D eigenvalue weighted by atomic mass is 19.4. The second-order valence-corrected chi connectivity index (χ2v) is 8.57. The van der Waals surface area contributed by atoms with Gasteiger partial charge in [-0.15, -0.1) is 0 Å². The molecule has 0 radical (unpaired) electrons. The van der Waals surface area contributed by atoms with Crippen molar-refractivity contribution in [2.24, 2.45) is 5.92 Å². The first-order valence-electron chi connectivity index (χ1n) is 11.0. The van der Waals surface area contributed by atoms with Gasteiger partial charge in [-0.3, -0.25) is 9.88 Å². The maximum absolute atomic E-state index is 13.3. The van der Waals surface area contributed by atoms with Crippen LogP contribution >= 0.6 is 0 Å². The number of fused-ring (bicyclic) bond motifs is 3. The fourth-order valence-electron chi connectivity index (χ4n) is 4.91. The van der Waals surface area contributed by atoms with Gasteiger partial charge in [0.05, 0.1) is 36.8 Å². The fourth-order valence-corrected chi connectivity index (χ4v) is 4.91. The molecule has 11 heteroatoms. The molecule has 1 unspecified atom stereocenters. The van der Waals surface area contributed by atoms with E-state index in [1.165, 1.54) is 13.3 Å². The van der Waals surface area contributed by atoms with Gasteiger partial charge in [-0.2, -0.15) is 13.2 Å². The first-order valence-corrected chi connectivity index (χ1v) is 11.0. The molecule has 5 rings (SSSR count). The maximum Gasteiger partial charge on any atom is 0.393 e. The summed E-state index contributed by atoms with van der Waals surface area (Å²) in [7, 11) is 1.52. The average molecular weight is 462 g/mol. The number of carbonyl (C=O) groups is 1. The number of nitrogens with zero attached hydrogens (tertiary/aromatic N) is 5. The first-order chi connectivity index (χ1) is 15.8. The van der Waals surface area contributed by atoms with Crippen LogP contribution in [0.5, 0.6) is 5.75 Å². The van der Waals surface area contributed by atoms with Crippen LogP contribution < -0.4 is 24.8 Å². The number of amides is 2. The number of anilines is 4. The second kappa shape index (κ2) is 8.27. The summed E-state index contributed by atoms with van der Waals surface area (Å²) in [6, 6.07) is 4.94. The standard InChI is InChI=1S/C22H25F3N6O2/c1-33-16-10-15(11-26-12-16)27-21(32)31-19-5-3-9-30(19)17-6-7-18(28-20(17)31)29-8-2-4-14(13-29)22(23,24)25/h6-7,10-12,14,19H,2-5,8-9,13H2,1H3,(H,27,32)/t14?,19-/m1/s1. The Hall–Kier alpha value is -3.24. The average Bonchev–Trinajstić information content (AvgIpc) is 3.39. The van der Waals surface area contributed by atoms with E-state index in [1.54, 1.807) is 28.1 Å². The number of piperidine rings is 1. The van der Waals surface area contributed by atoms with Crippen molar-refractivity contribution in [2.75, 3.05) is 46.8 Å². The highest BCUT2D eigenvalue weighted by Crippen LogP contribution is 2.44. The van der Waals surface area contributed by atoms with Gasteiger partial charge in [-0.05, 0) is 37.8 Å². The Bertz CT molecular complexity index is 1050. The number of methoxy groups -OCH3 is 1. The zero-order valence-corrected chi connectivity index (χ0v) is 18.2. The van der Waals surface area contributed by atoms with Crippen LogP contribution in [0.2, 0.25) is 0 Å². The number of ether oxygens (including phenoxy) is 1. The molecule has 2 aromatic rings. The molecule has 0 bridgehead atoms. The molecular weight excluding hydrogens is 437 g/mol. The third-order valence-corrected chi connectivity index (χ3v) is 6.52. The number of hydrogen-bond acceptors (Lipinski definition) is 6.